The Balaban J connectivity index is 3.15. The zero-order valence-electron chi connectivity index (χ0n) is 5.23. The normalized spacial score (nSPS) is 12.0. The first kappa shape index (κ1) is 6.96. The highest BCUT2D eigenvalue weighted by molar-refractivity contribution is 4.64. The molecule has 0 heterocycles. The van der Waals surface area contributed by atoms with Crippen molar-refractivity contribution in [1.29, 1.82) is 0 Å². The summed E-state index contributed by atoms with van der Waals surface area (Å²) in [7, 11) is 0. The lowest BCUT2D eigenvalue weighted by Crippen LogP contribution is -2.03. The van der Waals surface area contributed by atoms with Gasteiger partial charge in [-0.05, 0) is 11.8 Å². The fourth-order valence-corrected chi connectivity index (χ4v) is 0.274. The Hall–Kier alpha value is -0.0400. The second-order valence-corrected chi connectivity index (χ2v) is 2.95. The minimum Gasteiger partial charge on any atom is -0.390 e. The van der Waals surface area contributed by atoms with Crippen molar-refractivity contribution in [3.8, 4) is 0 Å². The van der Waals surface area contributed by atoms with E-state index in [0.717, 1.165) is 6.42 Å². The molecule has 0 aromatic heterocycles. The first-order valence-electron chi connectivity index (χ1n) is 2.52. The molecule has 0 amide bonds. The topological polar surface area (TPSA) is 20.2 Å². The molecule has 7 heavy (non-hydrogen) atoms. The molecule has 0 aliphatic rings. The van der Waals surface area contributed by atoms with Crippen LogP contribution < -0.4 is 0 Å². The summed E-state index contributed by atoms with van der Waals surface area (Å²) >= 11 is 0. The molecule has 0 saturated heterocycles. The molecular weight excluding hydrogens is 88.1 g/mol. The zero-order chi connectivity index (χ0) is 5.91. The van der Waals surface area contributed by atoms with Gasteiger partial charge in [-0.2, -0.15) is 0 Å². The van der Waals surface area contributed by atoms with Crippen molar-refractivity contribution in [1.82, 2.24) is 0 Å². The quantitative estimate of drug-likeness (QED) is 0.535. The van der Waals surface area contributed by atoms with Gasteiger partial charge in [0.1, 0.15) is 0 Å². The highest BCUT2D eigenvalue weighted by Crippen LogP contribution is 2.18. The van der Waals surface area contributed by atoms with Gasteiger partial charge in [-0.25, -0.2) is 0 Å². The Morgan fingerprint density at radius 1 is 1.43 bits per heavy atom. The third kappa shape index (κ3) is 5.96. The molecule has 1 radical (unpaired) electrons. The van der Waals surface area contributed by atoms with E-state index in [1.54, 1.807) is 0 Å². The average Bonchev–Trinajstić information content (AvgIpc) is 1.30. The standard InChI is InChI=1S/C6H13O/c1-6(2,3)4-5-7/h5,7H,4H2,1-3H3. The summed E-state index contributed by atoms with van der Waals surface area (Å²) in [4.78, 5) is 0. The Labute approximate surface area is 45.4 Å². The maximum absolute atomic E-state index is 8.28. The molecule has 1 N–H and O–H groups in total. The molecule has 1 nitrogen and oxygen atoms in total. The largest absolute Gasteiger partial charge is 0.390 e. The van der Waals surface area contributed by atoms with Crippen molar-refractivity contribution in [2.75, 3.05) is 0 Å². The van der Waals surface area contributed by atoms with E-state index in [1.807, 2.05) is 0 Å². The van der Waals surface area contributed by atoms with E-state index in [1.165, 1.54) is 6.61 Å². The van der Waals surface area contributed by atoms with Gasteiger partial charge in [0, 0.05) is 0 Å². The van der Waals surface area contributed by atoms with E-state index in [2.05, 4.69) is 20.8 Å². The van der Waals surface area contributed by atoms with Gasteiger partial charge in [0.2, 0.25) is 0 Å². The van der Waals surface area contributed by atoms with E-state index < -0.39 is 0 Å². The predicted molar refractivity (Wildman–Crippen MR) is 30.3 cm³/mol. The van der Waals surface area contributed by atoms with E-state index in [0.29, 0.717) is 0 Å². The maximum Gasteiger partial charge on any atom is 0.0804 e. The van der Waals surface area contributed by atoms with Crippen LogP contribution in [0.1, 0.15) is 27.2 Å². The van der Waals surface area contributed by atoms with E-state index in [9.17, 15) is 0 Å². The molecule has 0 spiro atoms. The first-order chi connectivity index (χ1) is 3.06. The lowest BCUT2D eigenvalue weighted by atomic mass is 9.93. The molecule has 0 aromatic carbocycles. The smallest absolute Gasteiger partial charge is 0.0804 e. The highest BCUT2D eigenvalue weighted by atomic mass is 16.3. The predicted octanol–water partition coefficient (Wildman–Crippen LogP) is 1.96. The molecular formula is C6H13O. The van der Waals surface area contributed by atoms with Crippen LogP contribution in [0.2, 0.25) is 0 Å². The number of aliphatic hydroxyl groups is 1. The molecule has 0 aromatic rings. The summed E-state index contributed by atoms with van der Waals surface area (Å²) in [6.45, 7) is 7.46. The maximum atomic E-state index is 8.28. The van der Waals surface area contributed by atoms with Crippen LogP contribution in [0.25, 0.3) is 0 Å². The van der Waals surface area contributed by atoms with Crippen LogP contribution in [0.3, 0.4) is 0 Å². The zero-order valence-corrected chi connectivity index (χ0v) is 5.23. The summed E-state index contributed by atoms with van der Waals surface area (Å²) in [6, 6.07) is 0. The SMILES string of the molecule is CC(C)(C)C[CH]O. The molecule has 0 unspecified atom stereocenters. The number of hydrogen-bond donors (Lipinski definition) is 1. The third-order valence-electron chi connectivity index (χ3n) is 0.704. The minimum absolute atomic E-state index is 0.245. The van der Waals surface area contributed by atoms with E-state index >= 15 is 0 Å². The summed E-state index contributed by atoms with van der Waals surface area (Å²) < 4.78 is 0. The summed E-state index contributed by atoms with van der Waals surface area (Å²) in [5, 5.41) is 8.28. The minimum atomic E-state index is 0.245. The van der Waals surface area contributed by atoms with Gasteiger partial charge in [0.15, 0.2) is 0 Å². The van der Waals surface area contributed by atoms with Gasteiger partial charge in [0.25, 0.3) is 0 Å². The molecule has 43 valence electrons. The molecule has 0 aliphatic heterocycles. The second-order valence-electron chi connectivity index (χ2n) is 2.95. The Kier molecular flexibility index (Phi) is 2.30. The van der Waals surface area contributed by atoms with E-state index in [4.69, 9.17) is 5.11 Å². The Morgan fingerprint density at radius 3 is 1.86 bits per heavy atom. The molecule has 0 saturated carbocycles. The monoisotopic (exact) mass is 101 g/mol. The molecule has 0 fully saturated rings. The van der Waals surface area contributed by atoms with Gasteiger partial charge in [-0.1, -0.05) is 20.8 Å². The number of aliphatic hydroxyl groups excluding tert-OH is 1. The second kappa shape index (κ2) is 2.31. The van der Waals surface area contributed by atoms with Crippen LogP contribution in [-0.4, -0.2) is 5.11 Å². The van der Waals surface area contributed by atoms with Crippen LogP contribution in [0.4, 0.5) is 0 Å². The molecule has 0 bridgehead atoms. The van der Waals surface area contributed by atoms with Crippen LogP contribution >= 0.6 is 0 Å². The third-order valence-corrected chi connectivity index (χ3v) is 0.704. The number of rotatable bonds is 1. The molecule has 0 rings (SSSR count). The van der Waals surface area contributed by atoms with Crippen molar-refractivity contribution >= 4 is 0 Å². The average molecular weight is 101 g/mol. The van der Waals surface area contributed by atoms with Crippen molar-refractivity contribution in [2.24, 2.45) is 5.41 Å². The van der Waals surface area contributed by atoms with Crippen LogP contribution in [0, 0.1) is 12.0 Å². The highest BCUT2D eigenvalue weighted by Gasteiger charge is 2.07. The molecule has 0 atom stereocenters. The first-order valence-corrected chi connectivity index (χ1v) is 2.52. The summed E-state index contributed by atoms with van der Waals surface area (Å²) in [5.74, 6) is 0. The van der Waals surface area contributed by atoms with Crippen LogP contribution in [0.5, 0.6) is 0 Å². The lowest BCUT2D eigenvalue weighted by molar-refractivity contribution is 0.293. The lowest BCUT2D eigenvalue weighted by Gasteiger charge is -2.14. The van der Waals surface area contributed by atoms with Gasteiger partial charge in [0.05, 0.1) is 6.61 Å². The fraction of sp³-hybridized carbons (Fsp3) is 0.833. The van der Waals surface area contributed by atoms with Gasteiger partial charge >= 0.3 is 0 Å². The summed E-state index contributed by atoms with van der Waals surface area (Å²) in [5.41, 5.74) is 0.245. The summed E-state index contributed by atoms with van der Waals surface area (Å²) in [6.07, 6.45) is 0.771. The van der Waals surface area contributed by atoms with Gasteiger partial charge < -0.3 is 5.11 Å². The molecule has 0 aliphatic carbocycles. The van der Waals surface area contributed by atoms with Crippen LogP contribution in [-0.2, 0) is 0 Å². The van der Waals surface area contributed by atoms with Crippen LogP contribution in [0.15, 0.2) is 0 Å². The van der Waals surface area contributed by atoms with Gasteiger partial charge in [-0.15, -0.1) is 0 Å². The van der Waals surface area contributed by atoms with Gasteiger partial charge in [-0.3, -0.25) is 0 Å². The fourth-order valence-electron chi connectivity index (χ4n) is 0.274. The Morgan fingerprint density at radius 2 is 1.86 bits per heavy atom. The van der Waals surface area contributed by atoms with Crippen molar-refractivity contribution in [3.05, 3.63) is 6.61 Å². The number of hydrogen-bond acceptors (Lipinski definition) is 1. The Bertz CT molecular complexity index is 42.6. The van der Waals surface area contributed by atoms with Crippen molar-refractivity contribution in [3.63, 3.8) is 0 Å². The van der Waals surface area contributed by atoms with Crippen molar-refractivity contribution in [2.45, 2.75) is 27.2 Å². The van der Waals surface area contributed by atoms with Crippen molar-refractivity contribution < 1.29 is 5.11 Å². The van der Waals surface area contributed by atoms with E-state index in [-0.39, 0.29) is 5.41 Å². The molecule has 1 heteroatoms.